The summed E-state index contributed by atoms with van der Waals surface area (Å²) in [5, 5.41) is 8.79. The second kappa shape index (κ2) is 6.74. The van der Waals surface area contributed by atoms with Crippen LogP contribution in [0.5, 0.6) is 0 Å². The number of halogens is 3. The maximum atomic E-state index is 13.0. The minimum absolute atomic E-state index is 0.0140. The molecule has 0 saturated carbocycles. The largest absolute Gasteiger partial charge is 0.417 e. The third-order valence-corrected chi connectivity index (χ3v) is 5.76. The van der Waals surface area contributed by atoms with E-state index < -0.39 is 32.2 Å². The van der Waals surface area contributed by atoms with Crippen LogP contribution < -0.4 is 4.72 Å². The number of aromatic nitrogens is 2. The van der Waals surface area contributed by atoms with E-state index in [2.05, 4.69) is 9.71 Å². The van der Waals surface area contributed by atoms with Gasteiger partial charge in [0.05, 0.1) is 22.1 Å². The van der Waals surface area contributed by atoms with Gasteiger partial charge in [-0.05, 0) is 30.5 Å². The highest BCUT2D eigenvalue weighted by Crippen LogP contribution is 2.33. The van der Waals surface area contributed by atoms with Crippen LogP contribution in [0.25, 0.3) is 0 Å². The maximum Gasteiger partial charge on any atom is 0.417 e. The van der Waals surface area contributed by atoms with E-state index in [0.717, 1.165) is 30.9 Å². The monoisotopic (exact) mass is 384 g/mol. The lowest BCUT2D eigenvalue weighted by Gasteiger charge is -2.23. The van der Waals surface area contributed by atoms with Gasteiger partial charge in [-0.1, -0.05) is 0 Å². The van der Waals surface area contributed by atoms with Gasteiger partial charge in [0.1, 0.15) is 5.82 Å². The van der Waals surface area contributed by atoms with E-state index in [-0.39, 0.29) is 12.5 Å². The molecule has 0 radical (unpaired) electrons. The first-order valence-electron chi connectivity index (χ1n) is 7.82. The number of benzene rings is 1. The van der Waals surface area contributed by atoms with Gasteiger partial charge in [0.15, 0.2) is 0 Å². The number of hydrogen-bond donors (Lipinski definition) is 1. The van der Waals surface area contributed by atoms with E-state index in [1.54, 1.807) is 6.20 Å². The Morgan fingerprint density at radius 1 is 1.38 bits per heavy atom. The molecule has 0 saturated heterocycles. The molecule has 0 aliphatic carbocycles. The van der Waals surface area contributed by atoms with Crippen molar-refractivity contribution in [3.8, 4) is 6.07 Å². The smallest absolute Gasteiger partial charge is 0.335 e. The molecule has 0 amide bonds. The Balaban J connectivity index is 1.76. The third-order valence-electron chi connectivity index (χ3n) is 4.34. The van der Waals surface area contributed by atoms with Gasteiger partial charge in [-0.15, -0.1) is 0 Å². The summed E-state index contributed by atoms with van der Waals surface area (Å²) >= 11 is 0. The van der Waals surface area contributed by atoms with Gasteiger partial charge in [-0.3, -0.25) is 0 Å². The van der Waals surface area contributed by atoms with Crippen LogP contribution in [0.2, 0.25) is 0 Å². The van der Waals surface area contributed by atoms with Crippen molar-refractivity contribution in [2.45, 2.75) is 30.5 Å². The van der Waals surface area contributed by atoms with Crippen LogP contribution >= 0.6 is 0 Å². The first-order chi connectivity index (χ1) is 12.2. The Hall–Kier alpha value is -2.38. The molecule has 1 N–H and O–H groups in total. The highest BCUT2D eigenvalue weighted by Gasteiger charge is 2.35. The summed E-state index contributed by atoms with van der Waals surface area (Å²) in [4.78, 5) is 3.68. The molecule has 1 aromatic heterocycles. The fourth-order valence-electron chi connectivity index (χ4n) is 2.92. The molecule has 0 unspecified atom stereocenters. The second-order valence-electron chi connectivity index (χ2n) is 6.06. The van der Waals surface area contributed by atoms with E-state index in [0.29, 0.717) is 12.5 Å². The van der Waals surface area contributed by atoms with Crippen LogP contribution in [-0.2, 0) is 29.2 Å². The summed E-state index contributed by atoms with van der Waals surface area (Å²) in [6, 6.07) is 3.79. The number of sulfonamides is 1. The van der Waals surface area contributed by atoms with Gasteiger partial charge in [0.25, 0.3) is 0 Å². The van der Waals surface area contributed by atoms with Crippen molar-refractivity contribution in [2.24, 2.45) is 5.92 Å². The normalized spacial score (nSPS) is 17.5. The van der Waals surface area contributed by atoms with Gasteiger partial charge in [-0.25, -0.2) is 18.1 Å². The Kier molecular flexibility index (Phi) is 4.77. The summed E-state index contributed by atoms with van der Waals surface area (Å²) in [5.41, 5.74) is -1.88. The molecule has 1 atom stereocenters. The number of imidazole rings is 1. The number of nitriles is 1. The van der Waals surface area contributed by atoms with Crippen LogP contribution in [0.1, 0.15) is 23.4 Å². The zero-order chi connectivity index (χ0) is 18.9. The van der Waals surface area contributed by atoms with Gasteiger partial charge >= 0.3 is 6.18 Å². The van der Waals surface area contributed by atoms with E-state index >= 15 is 0 Å². The van der Waals surface area contributed by atoms with Gasteiger partial charge in [-0.2, -0.15) is 18.4 Å². The predicted molar refractivity (Wildman–Crippen MR) is 85.4 cm³/mol. The number of nitrogens with one attached hydrogen (secondary N) is 1. The number of rotatable bonds is 4. The molecular formula is C16H15F3N4O2S. The maximum absolute atomic E-state index is 13.0. The van der Waals surface area contributed by atoms with Crippen molar-refractivity contribution in [3.05, 3.63) is 47.5 Å². The number of nitrogens with zero attached hydrogens (tertiary/aromatic N) is 3. The molecule has 6 nitrogen and oxygen atoms in total. The summed E-state index contributed by atoms with van der Waals surface area (Å²) in [6.07, 6.45) is 0.0588. The van der Waals surface area contributed by atoms with Crippen LogP contribution in [-0.4, -0.2) is 24.5 Å². The van der Waals surface area contributed by atoms with E-state index in [1.165, 1.54) is 6.07 Å². The van der Waals surface area contributed by atoms with Gasteiger partial charge in [0.2, 0.25) is 10.0 Å². The molecular weight excluding hydrogens is 369 g/mol. The molecule has 2 aromatic rings. The number of fused-ring (bicyclic) bond motifs is 1. The van der Waals surface area contributed by atoms with Gasteiger partial charge < -0.3 is 4.57 Å². The van der Waals surface area contributed by atoms with Crippen LogP contribution in [0, 0.1) is 17.2 Å². The summed E-state index contributed by atoms with van der Waals surface area (Å²) in [5.74, 6) is 0.873. The molecule has 1 aromatic carbocycles. The lowest BCUT2D eigenvalue weighted by atomic mass is 9.98. The number of hydrogen-bond acceptors (Lipinski definition) is 4. The standard InChI is InChI=1S/C16H15F3N4O2S/c17-16(18,19)14-8-13(2-1-12(14)9-20)26(24,25)22-10-11-3-5-23-6-4-21-15(23)7-11/h1-2,4,6,8,11,22H,3,5,7,10H2/t11-/m0/s1. The first kappa shape index (κ1) is 18.4. The predicted octanol–water partition coefficient (Wildman–Crippen LogP) is 2.31. The van der Waals surface area contributed by atoms with E-state index in [9.17, 15) is 21.6 Å². The average Bonchev–Trinajstić information content (AvgIpc) is 3.06. The Morgan fingerprint density at radius 3 is 2.85 bits per heavy atom. The van der Waals surface area contributed by atoms with Crippen LogP contribution in [0.4, 0.5) is 13.2 Å². The lowest BCUT2D eigenvalue weighted by molar-refractivity contribution is -0.137. The van der Waals surface area contributed by atoms with Crippen molar-refractivity contribution in [2.75, 3.05) is 6.54 Å². The molecule has 1 aliphatic rings. The molecule has 10 heteroatoms. The first-order valence-corrected chi connectivity index (χ1v) is 9.30. The minimum Gasteiger partial charge on any atom is -0.335 e. The summed E-state index contributed by atoms with van der Waals surface area (Å²) in [7, 11) is -4.12. The van der Waals surface area contributed by atoms with Crippen molar-refractivity contribution >= 4 is 10.0 Å². The van der Waals surface area contributed by atoms with Crippen molar-refractivity contribution in [1.82, 2.24) is 14.3 Å². The molecule has 138 valence electrons. The Morgan fingerprint density at radius 2 is 2.15 bits per heavy atom. The van der Waals surface area contributed by atoms with Crippen molar-refractivity contribution in [1.29, 1.82) is 5.26 Å². The van der Waals surface area contributed by atoms with Gasteiger partial charge in [0, 0.05) is 31.9 Å². The zero-order valence-corrected chi connectivity index (χ0v) is 14.3. The average molecular weight is 384 g/mol. The molecule has 3 rings (SSSR count). The quantitative estimate of drug-likeness (QED) is 0.876. The fraction of sp³-hybridized carbons (Fsp3) is 0.375. The van der Waals surface area contributed by atoms with E-state index in [1.807, 2.05) is 10.8 Å². The SMILES string of the molecule is N#Cc1ccc(S(=O)(=O)NC[C@H]2CCn3ccnc3C2)cc1C(F)(F)F. The third kappa shape index (κ3) is 3.73. The zero-order valence-electron chi connectivity index (χ0n) is 13.5. The summed E-state index contributed by atoms with van der Waals surface area (Å²) in [6.45, 7) is 0.827. The lowest BCUT2D eigenvalue weighted by Crippen LogP contribution is -2.33. The highest BCUT2D eigenvalue weighted by atomic mass is 32.2. The van der Waals surface area contributed by atoms with E-state index in [4.69, 9.17) is 5.26 Å². The van der Waals surface area contributed by atoms with Crippen LogP contribution in [0.15, 0.2) is 35.5 Å². The number of alkyl halides is 3. The molecule has 26 heavy (non-hydrogen) atoms. The topological polar surface area (TPSA) is 87.8 Å². The van der Waals surface area contributed by atoms with Crippen molar-refractivity contribution < 1.29 is 21.6 Å². The highest BCUT2D eigenvalue weighted by molar-refractivity contribution is 7.89. The fourth-order valence-corrected chi connectivity index (χ4v) is 4.07. The molecule has 1 aliphatic heterocycles. The molecule has 0 bridgehead atoms. The van der Waals surface area contributed by atoms with Crippen LogP contribution in [0.3, 0.4) is 0 Å². The molecule has 2 heterocycles. The van der Waals surface area contributed by atoms with Crippen molar-refractivity contribution in [3.63, 3.8) is 0 Å². The second-order valence-corrected chi connectivity index (χ2v) is 7.83. The Bertz CT molecular complexity index is 961. The minimum atomic E-state index is -4.81. The number of aryl methyl sites for hydroxylation is 1. The molecule has 0 spiro atoms. The Labute approximate surface area is 148 Å². The summed E-state index contributed by atoms with van der Waals surface area (Å²) < 4.78 is 68.1. The molecule has 0 fully saturated rings.